The van der Waals surface area contributed by atoms with Gasteiger partial charge in [-0.3, -0.25) is 4.79 Å². The molecule has 0 saturated carbocycles. The van der Waals surface area contributed by atoms with Crippen molar-refractivity contribution in [2.24, 2.45) is 0 Å². The van der Waals surface area contributed by atoms with Gasteiger partial charge in [0, 0.05) is 14.0 Å². The number of hydrogen-bond acceptors (Lipinski definition) is 4. The molecule has 0 aromatic heterocycles. The fourth-order valence-corrected chi connectivity index (χ4v) is 1.34. The van der Waals surface area contributed by atoms with Gasteiger partial charge in [0.2, 0.25) is 0 Å². The van der Waals surface area contributed by atoms with Crippen molar-refractivity contribution in [2.45, 2.75) is 52.1 Å². The minimum atomic E-state index is -0.205. The molecule has 4 heteroatoms. The molecule has 0 atom stereocenters. The van der Waals surface area contributed by atoms with Gasteiger partial charge < -0.3 is 14.2 Å². The predicted octanol–water partition coefficient (Wildman–Crippen LogP) is 2.51. The van der Waals surface area contributed by atoms with E-state index in [0.717, 1.165) is 25.7 Å². The average Bonchev–Trinajstić information content (AvgIpc) is 2.20. The molecule has 0 rings (SSSR count). The Balaban J connectivity index is 3.39. The summed E-state index contributed by atoms with van der Waals surface area (Å²) in [6.07, 6.45) is 4.02. The first kappa shape index (κ1) is 15.4. The van der Waals surface area contributed by atoms with Gasteiger partial charge in [0.15, 0.2) is 0 Å². The highest BCUT2D eigenvalue weighted by Gasteiger charge is 2.17. The molecule has 0 unspecified atom stereocenters. The number of rotatable bonds is 9. The van der Waals surface area contributed by atoms with Crippen molar-refractivity contribution in [3.63, 3.8) is 0 Å². The Labute approximate surface area is 98.3 Å². The number of esters is 1. The quantitative estimate of drug-likeness (QED) is 0.348. The second-order valence-electron chi connectivity index (χ2n) is 4.46. The monoisotopic (exact) mass is 232 g/mol. The molecular formula is C12H24O4. The minimum Gasteiger partial charge on any atom is -0.466 e. The van der Waals surface area contributed by atoms with E-state index in [4.69, 9.17) is 14.2 Å². The largest absolute Gasteiger partial charge is 0.466 e. The Morgan fingerprint density at radius 1 is 1.19 bits per heavy atom. The zero-order valence-electron chi connectivity index (χ0n) is 10.9. The summed E-state index contributed by atoms with van der Waals surface area (Å²) in [5.41, 5.74) is -0.141. The number of methoxy groups -OCH3 is 1. The molecule has 0 radical (unpaired) electrons. The second kappa shape index (κ2) is 8.53. The summed E-state index contributed by atoms with van der Waals surface area (Å²) in [4.78, 5) is 10.5. The summed E-state index contributed by atoms with van der Waals surface area (Å²) in [5.74, 6) is -0.205. The molecule has 0 spiro atoms. The van der Waals surface area contributed by atoms with Crippen molar-refractivity contribution in [3.8, 4) is 0 Å². The van der Waals surface area contributed by atoms with Crippen LogP contribution in [-0.4, -0.2) is 32.1 Å². The fourth-order valence-electron chi connectivity index (χ4n) is 1.34. The van der Waals surface area contributed by atoms with E-state index in [2.05, 4.69) is 13.8 Å². The molecule has 96 valence electrons. The predicted molar refractivity (Wildman–Crippen MR) is 62.1 cm³/mol. The molecule has 0 aliphatic heterocycles. The van der Waals surface area contributed by atoms with Crippen LogP contribution in [0.3, 0.4) is 0 Å². The van der Waals surface area contributed by atoms with Crippen LogP contribution < -0.4 is 0 Å². The highest BCUT2D eigenvalue weighted by Crippen LogP contribution is 2.18. The summed E-state index contributed by atoms with van der Waals surface area (Å²) >= 11 is 0. The van der Waals surface area contributed by atoms with Gasteiger partial charge in [-0.1, -0.05) is 6.42 Å². The summed E-state index contributed by atoms with van der Waals surface area (Å²) in [6.45, 7) is 6.40. The zero-order chi connectivity index (χ0) is 12.4. The van der Waals surface area contributed by atoms with Gasteiger partial charge in [0.25, 0.3) is 0 Å². The first-order valence-corrected chi connectivity index (χ1v) is 5.74. The number of carbonyl (C=O) groups excluding carboxylic acids is 1. The molecule has 0 aliphatic carbocycles. The van der Waals surface area contributed by atoms with Crippen LogP contribution in [0.2, 0.25) is 0 Å². The first-order chi connectivity index (χ1) is 7.48. The average molecular weight is 232 g/mol. The van der Waals surface area contributed by atoms with Gasteiger partial charge in [-0.05, 0) is 33.1 Å². The maximum Gasteiger partial charge on any atom is 0.302 e. The van der Waals surface area contributed by atoms with E-state index in [0.29, 0.717) is 13.4 Å². The van der Waals surface area contributed by atoms with Gasteiger partial charge in [-0.15, -0.1) is 0 Å². The Hall–Kier alpha value is -0.610. The molecule has 4 nitrogen and oxygen atoms in total. The maximum absolute atomic E-state index is 10.5. The molecule has 0 bridgehead atoms. The Morgan fingerprint density at radius 3 is 2.44 bits per heavy atom. The SMILES string of the molecule is COCOC(C)(C)CCCCCOC(C)=O. The van der Waals surface area contributed by atoms with Gasteiger partial charge in [-0.2, -0.15) is 0 Å². The highest BCUT2D eigenvalue weighted by atomic mass is 16.7. The number of hydrogen-bond donors (Lipinski definition) is 0. The lowest BCUT2D eigenvalue weighted by molar-refractivity contribution is -0.141. The van der Waals surface area contributed by atoms with Crippen molar-refractivity contribution in [1.29, 1.82) is 0 Å². The van der Waals surface area contributed by atoms with Crippen LogP contribution in [0.1, 0.15) is 46.5 Å². The molecule has 0 N–H and O–H groups in total. The minimum absolute atomic E-state index is 0.141. The van der Waals surface area contributed by atoms with Crippen molar-refractivity contribution in [3.05, 3.63) is 0 Å². The fraction of sp³-hybridized carbons (Fsp3) is 0.917. The molecule has 0 fully saturated rings. The smallest absolute Gasteiger partial charge is 0.302 e. The van der Waals surface area contributed by atoms with E-state index in [1.165, 1.54) is 6.92 Å². The molecule has 0 amide bonds. The third-order valence-electron chi connectivity index (χ3n) is 2.30. The summed E-state index contributed by atoms with van der Waals surface area (Å²) < 4.78 is 15.2. The summed E-state index contributed by atoms with van der Waals surface area (Å²) in [5, 5.41) is 0. The molecular weight excluding hydrogens is 208 g/mol. The van der Waals surface area contributed by atoms with Crippen LogP contribution in [0.5, 0.6) is 0 Å². The third-order valence-corrected chi connectivity index (χ3v) is 2.30. The first-order valence-electron chi connectivity index (χ1n) is 5.74. The Kier molecular flexibility index (Phi) is 8.21. The molecule has 0 aromatic carbocycles. The zero-order valence-corrected chi connectivity index (χ0v) is 10.9. The van der Waals surface area contributed by atoms with Crippen molar-refractivity contribution >= 4 is 5.97 Å². The molecule has 0 heterocycles. The van der Waals surface area contributed by atoms with E-state index in [1.54, 1.807) is 7.11 Å². The summed E-state index contributed by atoms with van der Waals surface area (Å²) in [7, 11) is 1.62. The van der Waals surface area contributed by atoms with Crippen molar-refractivity contribution in [1.82, 2.24) is 0 Å². The molecule has 0 saturated heterocycles. The van der Waals surface area contributed by atoms with E-state index < -0.39 is 0 Å². The van der Waals surface area contributed by atoms with Crippen LogP contribution >= 0.6 is 0 Å². The van der Waals surface area contributed by atoms with Crippen LogP contribution in [-0.2, 0) is 19.0 Å². The van der Waals surface area contributed by atoms with E-state index >= 15 is 0 Å². The van der Waals surface area contributed by atoms with Crippen LogP contribution in [0.4, 0.5) is 0 Å². The van der Waals surface area contributed by atoms with Crippen molar-refractivity contribution in [2.75, 3.05) is 20.5 Å². The van der Waals surface area contributed by atoms with Crippen LogP contribution in [0, 0.1) is 0 Å². The lowest BCUT2D eigenvalue weighted by atomic mass is 10.0. The Bertz CT molecular complexity index is 189. The molecule has 0 aliphatic rings. The normalized spacial score (nSPS) is 11.5. The van der Waals surface area contributed by atoms with Crippen LogP contribution in [0.25, 0.3) is 0 Å². The van der Waals surface area contributed by atoms with Gasteiger partial charge in [-0.25, -0.2) is 0 Å². The van der Waals surface area contributed by atoms with Crippen LogP contribution in [0.15, 0.2) is 0 Å². The standard InChI is InChI=1S/C12H24O4/c1-11(13)15-9-7-5-6-8-12(2,3)16-10-14-4/h5-10H2,1-4H3. The van der Waals surface area contributed by atoms with Gasteiger partial charge in [0.05, 0.1) is 12.2 Å². The number of carbonyl (C=O) groups is 1. The molecule has 0 aromatic rings. The molecule has 16 heavy (non-hydrogen) atoms. The second-order valence-corrected chi connectivity index (χ2v) is 4.46. The summed E-state index contributed by atoms with van der Waals surface area (Å²) in [6, 6.07) is 0. The van der Waals surface area contributed by atoms with Gasteiger partial charge in [0.1, 0.15) is 6.79 Å². The van der Waals surface area contributed by atoms with Crippen molar-refractivity contribution < 1.29 is 19.0 Å². The third kappa shape index (κ3) is 9.93. The lowest BCUT2D eigenvalue weighted by Crippen LogP contribution is -2.25. The van der Waals surface area contributed by atoms with E-state index in [9.17, 15) is 4.79 Å². The maximum atomic E-state index is 10.5. The number of ether oxygens (including phenoxy) is 3. The lowest BCUT2D eigenvalue weighted by Gasteiger charge is -2.24. The van der Waals surface area contributed by atoms with Gasteiger partial charge >= 0.3 is 5.97 Å². The Morgan fingerprint density at radius 2 is 1.88 bits per heavy atom. The topological polar surface area (TPSA) is 44.8 Å². The number of unbranched alkanes of at least 4 members (excludes halogenated alkanes) is 2. The van der Waals surface area contributed by atoms with E-state index in [1.807, 2.05) is 0 Å². The highest BCUT2D eigenvalue weighted by molar-refractivity contribution is 5.65. The van der Waals surface area contributed by atoms with E-state index in [-0.39, 0.29) is 11.6 Å².